The molecule has 1 radical (unpaired) electrons. The van der Waals surface area contributed by atoms with Crippen molar-refractivity contribution in [1.82, 2.24) is 0 Å². The molecule has 6 heteroatoms. The van der Waals surface area contributed by atoms with Crippen LogP contribution in [0.4, 0.5) is 5.69 Å². The Morgan fingerprint density at radius 2 is 1.80 bits per heavy atom. The van der Waals surface area contributed by atoms with E-state index < -0.39 is 10.0 Å². The molecule has 0 saturated heterocycles. The van der Waals surface area contributed by atoms with Crippen molar-refractivity contribution >= 4 is 15.7 Å². The van der Waals surface area contributed by atoms with E-state index in [-0.39, 0.29) is 37.6 Å². The van der Waals surface area contributed by atoms with Crippen LogP contribution in [0.25, 0.3) is 0 Å². The van der Waals surface area contributed by atoms with Crippen LogP contribution in [0.5, 0.6) is 0 Å². The summed E-state index contributed by atoms with van der Waals surface area (Å²) in [6.45, 7) is 5.18. The quantitative estimate of drug-likeness (QED) is 0.694. The van der Waals surface area contributed by atoms with Gasteiger partial charge in [0.05, 0.1) is 4.90 Å². The third kappa shape index (κ3) is 3.00. The van der Waals surface area contributed by atoms with Crippen LogP contribution in [0.1, 0.15) is 16.7 Å². The Morgan fingerprint density at radius 3 is 2.20 bits per heavy atom. The number of nitrogen functional groups attached to an aromatic ring is 1. The van der Waals surface area contributed by atoms with Crippen molar-refractivity contribution in [1.29, 1.82) is 4.78 Å². The Labute approximate surface area is 115 Å². The van der Waals surface area contributed by atoms with Gasteiger partial charge < -0.3 is 5.73 Å². The van der Waals surface area contributed by atoms with Crippen LogP contribution < -0.4 is 5.73 Å². The second-order valence-electron chi connectivity index (χ2n) is 3.39. The van der Waals surface area contributed by atoms with Gasteiger partial charge in [0.15, 0.2) is 10.0 Å². The molecule has 1 unspecified atom stereocenters. The van der Waals surface area contributed by atoms with Gasteiger partial charge in [-0.1, -0.05) is 0 Å². The van der Waals surface area contributed by atoms with Crippen LogP contribution in [0.2, 0.25) is 0 Å². The largest absolute Gasteiger partial charge is 0.398 e. The molecule has 4 nitrogen and oxygen atoms in total. The normalized spacial score (nSPS) is 14.1. The number of aryl methyl sites for hydroxylation is 1. The molecule has 1 rings (SSSR count). The Morgan fingerprint density at radius 1 is 1.33 bits per heavy atom. The molecule has 0 heterocycles. The van der Waals surface area contributed by atoms with Crippen LogP contribution in [0.3, 0.4) is 0 Å². The SMILES string of the molecule is Cc1cc(N)c(C)c(S(=N)(=O)O)c1C.[Y]. The zero-order valence-electron chi connectivity index (χ0n) is 9.00. The maximum atomic E-state index is 11.3. The van der Waals surface area contributed by atoms with Crippen LogP contribution in [0.15, 0.2) is 11.0 Å². The predicted octanol–water partition coefficient (Wildman–Crippen LogP) is 2.07. The van der Waals surface area contributed by atoms with Crippen molar-refractivity contribution in [3.8, 4) is 0 Å². The first-order chi connectivity index (χ1) is 6.25. The summed E-state index contributed by atoms with van der Waals surface area (Å²) in [5.74, 6) is 0. The molecule has 1 aromatic rings. The first-order valence-corrected chi connectivity index (χ1v) is 5.64. The molecule has 0 bridgehead atoms. The monoisotopic (exact) mass is 303 g/mol. The molecule has 0 aliphatic carbocycles. The second kappa shape index (κ2) is 4.91. The maximum Gasteiger partial charge on any atom is 0.188 e. The van der Waals surface area contributed by atoms with Crippen molar-refractivity contribution in [2.45, 2.75) is 25.7 Å². The fourth-order valence-electron chi connectivity index (χ4n) is 1.46. The Bertz CT molecular complexity index is 457. The van der Waals surface area contributed by atoms with Gasteiger partial charge in [-0.2, -0.15) is 0 Å². The van der Waals surface area contributed by atoms with E-state index in [2.05, 4.69) is 0 Å². The predicted molar refractivity (Wildman–Crippen MR) is 56.8 cm³/mol. The molecule has 0 aliphatic heterocycles. The van der Waals surface area contributed by atoms with Gasteiger partial charge in [-0.3, -0.25) is 4.55 Å². The molecule has 0 spiro atoms. The van der Waals surface area contributed by atoms with Crippen LogP contribution in [-0.2, 0) is 42.7 Å². The van der Waals surface area contributed by atoms with Gasteiger partial charge in [0.1, 0.15) is 0 Å². The topological polar surface area (TPSA) is 87.2 Å². The molecule has 15 heavy (non-hydrogen) atoms. The number of hydrogen-bond acceptors (Lipinski definition) is 3. The Kier molecular flexibility index (Phi) is 4.92. The average Bonchev–Trinajstić information content (AvgIpc) is 1.98. The number of rotatable bonds is 1. The van der Waals surface area contributed by atoms with Crippen molar-refractivity contribution in [2.75, 3.05) is 5.73 Å². The second-order valence-corrected chi connectivity index (χ2v) is 4.85. The number of hydrogen-bond donors (Lipinski definition) is 3. The fourth-order valence-corrected chi connectivity index (χ4v) is 2.57. The van der Waals surface area contributed by atoms with E-state index in [0.717, 1.165) is 5.56 Å². The molecule has 0 saturated carbocycles. The molecule has 1 aromatic carbocycles. The first-order valence-electron chi connectivity index (χ1n) is 4.12. The van der Waals surface area contributed by atoms with E-state index in [0.29, 0.717) is 16.8 Å². The molecule has 0 amide bonds. The standard InChI is InChI=1S/C9H14N2O2S.Y/c1-5-4-8(10)7(3)9(6(5)2)14(11,12)13;/h4H,10H2,1-3H3,(H2,11,12,13);. The van der Waals surface area contributed by atoms with Crippen molar-refractivity contribution in [3.05, 3.63) is 22.8 Å². The number of anilines is 1. The number of nitrogens with one attached hydrogen (secondary N) is 1. The summed E-state index contributed by atoms with van der Waals surface area (Å²) in [5.41, 5.74) is 8.14. The fraction of sp³-hybridized carbons (Fsp3) is 0.333. The molecule has 0 aliphatic rings. The third-order valence-corrected chi connectivity index (χ3v) is 3.52. The smallest absolute Gasteiger partial charge is 0.188 e. The van der Waals surface area contributed by atoms with E-state index in [9.17, 15) is 8.76 Å². The van der Waals surface area contributed by atoms with Gasteiger partial charge in [-0.05, 0) is 43.5 Å². The summed E-state index contributed by atoms with van der Waals surface area (Å²) in [5, 5.41) is 0. The third-order valence-electron chi connectivity index (χ3n) is 2.35. The molecule has 4 N–H and O–H groups in total. The Hall–Kier alpha value is 0.0339. The number of benzene rings is 1. The minimum absolute atomic E-state index is 0. The summed E-state index contributed by atoms with van der Waals surface area (Å²) in [6.07, 6.45) is 0. The van der Waals surface area contributed by atoms with Gasteiger partial charge in [-0.15, -0.1) is 0 Å². The zero-order valence-corrected chi connectivity index (χ0v) is 12.7. The molecule has 0 fully saturated rings. The molecule has 81 valence electrons. The molecule has 1 atom stereocenters. The van der Waals surface area contributed by atoms with Crippen molar-refractivity contribution in [3.63, 3.8) is 0 Å². The summed E-state index contributed by atoms with van der Waals surface area (Å²) in [4.78, 5) is 0.148. The summed E-state index contributed by atoms with van der Waals surface area (Å²) >= 11 is 0. The molecule has 0 aromatic heterocycles. The maximum absolute atomic E-state index is 11.3. The van der Waals surface area contributed by atoms with Gasteiger partial charge in [-0.25, -0.2) is 8.99 Å². The first kappa shape index (κ1) is 15.0. The van der Waals surface area contributed by atoms with Crippen molar-refractivity contribution < 1.29 is 41.5 Å². The van der Waals surface area contributed by atoms with E-state index in [1.165, 1.54) is 0 Å². The summed E-state index contributed by atoms with van der Waals surface area (Å²) in [6, 6.07) is 1.75. The minimum atomic E-state index is -3.69. The van der Waals surface area contributed by atoms with E-state index in [1.807, 2.05) is 0 Å². The van der Waals surface area contributed by atoms with Gasteiger partial charge in [0.2, 0.25) is 0 Å². The number of nitrogens with two attached hydrogens (primary N) is 1. The van der Waals surface area contributed by atoms with Crippen molar-refractivity contribution in [2.24, 2.45) is 0 Å². The van der Waals surface area contributed by atoms with Gasteiger partial charge in [0, 0.05) is 38.4 Å². The van der Waals surface area contributed by atoms with Crippen LogP contribution >= 0.6 is 0 Å². The summed E-state index contributed by atoms with van der Waals surface area (Å²) in [7, 11) is -3.69. The Balaban J connectivity index is 0.00000196. The zero-order chi connectivity index (χ0) is 11.1. The molecular weight excluding hydrogens is 289 g/mol. The van der Waals surface area contributed by atoms with Gasteiger partial charge >= 0.3 is 0 Å². The van der Waals surface area contributed by atoms with E-state index >= 15 is 0 Å². The van der Waals surface area contributed by atoms with E-state index in [1.54, 1.807) is 26.8 Å². The molecular formula is C9H14N2O2SY. The van der Waals surface area contributed by atoms with Crippen LogP contribution in [-0.4, -0.2) is 8.76 Å². The summed E-state index contributed by atoms with van der Waals surface area (Å²) < 4.78 is 27.7. The van der Waals surface area contributed by atoms with Gasteiger partial charge in [0.25, 0.3) is 0 Å². The average molecular weight is 303 g/mol. The van der Waals surface area contributed by atoms with E-state index in [4.69, 9.17) is 10.5 Å². The minimum Gasteiger partial charge on any atom is -0.398 e. The van der Waals surface area contributed by atoms with Crippen LogP contribution in [0, 0.1) is 25.6 Å².